The Morgan fingerprint density at radius 2 is 1.09 bits per heavy atom. The number of hydrogen-bond acceptors (Lipinski definition) is 4. The standard InChI is InChI=1S/C18H38O4/c1-5-7-12-18(22-16(4)20)14-10-8-9-13-17(11-6-2)21-15(3)19/h15-20H,5-14H2,1-4H3. The Morgan fingerprint density at radius 3 is 1.50 bits per heavy atom. The summed E-state index contributed by atoms with van der Waals surface area (Å²) >= 11 is 0. The van der Waals surface area contributed by atoms with Crippen LogP contribution in [0.2, 0.25) is 0 Å². The molecule has 0 aromatic heterocycles. The molecule has 0 rings (SSSR count). The smallest absolute Gasteiger partial charge is 0.152 e. The summed E-state index contributed by atoms with van der Waals surface area (Å²) < 4.78 is 11.1. The molecule has 4 heteroatoms. The van der Waals surface area contributed by atoms with E-state index in [0.717, 1.165) is 64.2 Å². The van der Waals surface area contributed by atoms with Crippen LogP contribution in [0.3, 0.4) is 0 Å². The third-order valence-electron chi connectivity index (χ3n) is 3.82. The Hall–Kier alpha value is -0.160. The minimum atomic E-state index is -0.672. The van der Waals surface area contributed by atoms with Crippen LogP contribution < -0.4 is 0 Å². The summed E-state index contributed by atoms with van der Waals surface area (Å²) in [4.78, 5) is 0. The van der Waals surface area contributed by atoms with Gasteiger partial charge in [-0.25, -0.2) is 0 Å². The summed E-state index contributed by atoms with van der Waals surface area (Å²) in [6.07, 6.45) is 9.86. The molecule has 0 aromatic carbocycles. The van der Waals surface area contributed by atoms with Crippen LogP contribution in [0.4, 0.5) is 0 Å². The summed E-state index contributed by atoms with van der Waals surface area (Å²) in [5, 5.41) is 18.7. The third-order valence-corrected chi connectivity index (χ3v) is 3.82. The van der Waals surface area contributed by atoms with Gasteiger partial charge < -0.3 is 19.7 Å². The van der Waals surface area contributed by atoms with Crippen molar-refractivity contribution < 1.29 is 19.7 Å². The molecule has 0 aliphatic rings. The first-order valence-electron chi connectivity index (χ1n) is 9.16. The van der Waals surface area contributed by atoms with Crippen molar-refractivity contribution in [2.75, 3.05) is 0 Å². The van der Waals surface area contributed by atoms with E-state index in [4.69, 9.17) is 9.47 Å². The van der Waals surface area contributed by atoms with E-state index in [0.29, 0.717) is 0 Å². The Labute approximate surface area is 137 Å². The molecule has 2 N–H and O–H groups in total. The minimum Gasteiger partial charge on any atom is -0.368 e. The van der Waals surface area contributed by atoms with Gasteiger partial charge in [0.05, 0.1) is 12.2 Å². The van der Waals surface area contributed by atoms with Gasteiger partial charge in [-0.15, -0.1) is 0 Å². The lowest BCUT2D eigenvalue weighted by molar-refractivity contribution is -0.129. The lowest BCUT2D eigenvalue weighted by Gasteiger charge is -2.20. The van der Waals surface area contributed by atoms with E-state index in [1.54, 1.807) is 13.8 Å². The fourth-order valence-corrected chi connectivity index (χ4v) is 2.79. The number of hydrogen-bond donors (Lipinski definition) is 2. The number of unbranched alkanes of at least 4 members (excludes halogenated alkanes) is 3. The van der Waals surface area contributed by atoms with E-state index >= 15 is 0 Å². The van der Waals surface area contributed by atoms with Crippen LogP contribution in [0.5, 0.6) is 0 Å². The van der Waals surface area contributed by atoms with E-state index in [1.165, 1.54) is 0 Å². The maximum atomic E-state index is 9.38. The molecular weight excluding hydrogens is 280 g/mol. The van der Waals surface area contributed by atoms with Gasteiger partial charge in [0.1, 0.15) is 0 Å². The molecule has 0 fully saturated rings. The minimum absolute atomic E-state index is 0.176. The van der Waals surface area contributed by atoms with Crippen molar-refractivity contribution in [3.05, 3.63) is 0 Å². The van der Waals surface area contributed by atoms with Gasteiger partial charge in [-0.1, -0.05) is 52.4 Å². The van der Waals surface area contributed by atoms with E-state index in [2.05, 4.69) is 13.8 Å². The highest BCUT2D eigenvalue weighted by Crippen LogP contribution is 2.18. The predicted molar refractivity (Wildman–Crippen MR) is 90.6 cm³/mol. The average molecular weight is 318 g/mol. The first kappa shape index (κ1) is 21.8. The van der Waals surface area contributed by atoms with Gasteiger partial charge in [-0.2, -0.15) is 0 Å². The molecule has 22 heavy (non-hydrogen) atoms. The van der Waals surface area contributed by atoms with Gasteiger partial charge in [0.2, 0.25) is 0 Å². The molecule has 0 bridgehead atoms. The van der Waals surface area contributed by atoms with Gasteiger partial charge in [0.25, 0.3) is 0 Å². The fourth-order valence-electron chi connectivity index (χ4n) is 2.79. The molecule has 0 spiro atoms. The molecule has 134 valence electrons. The van der Waals surface area contributed by atoms with Crippen molar-refractivity contribution in [2.45, 2.75) is 117 Å². The molecule has 0 aromatic rings. The van der Waals surface area contributed by atoms with Crippen LogP contribution in [0, 0.1) is 0 Å². The van der Waals surface area contributed by atoms with Crippen LogP contribution in [0.25, 0.3) is 0 Å². The monoisotopic (exact) mass is 318 g/mol. The number of aliphatic hydroxyl groups excluding tert-OH is 2. The number of rotatable bonds is 15. The molecule has 0 heterocycles. The maximum absolute atomic E-state index is 9.38. The summed E-state index contributed by atoms with van der Waals surface area (Å²) in [6.45, 7) is 7.68. The second kappa shape index (κ2) is 14.4. The zero-order chi connectivity index (χ0) is 16.8. The molecule has 0 aliphatic carbocycles. The van der Waals surface area contributed by atoms with E-state index in [1.807, 2.05) is 0 Å². The van der Waals surface area contributed by atoms with Crippen molar-refractivity contribution >= 4 is 0 Å². The van der Waals surface area contributed by atoms with E-state index < -0.39 is 12.6 Å². The molecule has 0 amide bonds. The molecule has 0 saturated heterocycles. The first-order chi connectivity index (χ1) is 10.5. The summed E-state index contributed by atoms with van der Waals surface area (Å²) in [6, 6.07) is 0. The van der Waals surface area contributed by atoms with Crippen LogP contribution >= 0.6 is 0 Å². The topological polar surface area (TPSA) is 58.9 Å². The Bertz CT molecular complexity index is 231. The predicted octanol–water partition coefficient (Wildman–Crippen LogP) is 4.37. The van der Waals surface area contributed by atoms with Crippen molar-refractivity contribution in [3.8, 4) is 0 Å². The molecule has 4 unspecified atom stereocenters. The van der Waals surface area contributed by atoms with Crippen LogP contribution in [-0.2, 0) is 9.47 Å². The zero-order valence-electron chi connectivity index (χ0n) is 15.1. The Balaban J connectivity index is 3.85. The normalized spacial score (nSPS) is 17.2. The van der Waals surface area contributed by atoms with Crippen molar-refractivity contribution in [2.24, 2.45) is 0 Å². The molecule has 4 atom stereocenters. The highest BCUT2D eigenvalue weighted by atomic mass is 16.6. The van der Waals surface area contributed by atoms with Crippen molar-refractivity contribution in [3.63, 3.8) is 0 Å². The van der Waals surface area contributed by atoms with Gasteiger partial charge >= 0.3 is 0 Å². The lowest BCUT2D eigenvalue weighted by atomic mass is 10.0. The largest absolute Gasteiger partial charge is 0.368 e. The van der Waals surface area contributed by atoms with Gasteiger partial charge in [0.15, 0.2) is 12.6 Å². The van der Waals surface area contributed by atoms with Gasteiger partial charge in [0, 0.05) is 0 Å². The zero-order valence-corrected chi connectivity index (χ0v) is 15.1. The lowest BCUT2D eigenvalue weighted by Crippen LogP contribution is -2.20. The van der Waals surface area contributed by atoms with E-state index in [9.17, 15) is 10.2 Å². The molecule has 0 radical (unpaired) electrons. The highest BCUT2D eigenvalue weighted by molar-refractivity contribution is 4.62. The van der Waals surface area contributed by atoms with E-state index in [-0.39, 0.29) is 12.2 Å². The Morgan fingerprint density at radius 1 is 0.636 bits per heavy atom. The number of aliphatic hydroxyl groups is 2. The van der Waals surface area contributed by atoms with Crippen LogP contribution in [-0.4, -0.2) is 35.0 Å². The van der Waals surface area contributed by atoms with Gasteiger partial charge in [-0.3, -0.25) is 0 Å². The third kappa shape index (κ3) is 13.5. The molecule has 0 aliphatic heterocycles. The van der Waals surface area contributed by atoms with Gasteiger partial charge in [-0.05, 0) is 39.5 Å². The SMILES string of the molecule is CCCCC(CCCCCC(CCC)OC(C)O)OC(C)O. The summed E-state index contributed by atoms with van der Waals surface area (Å²) in [5.41, 5.74) is 0. The fraction of sp³-hybridized carbons (Fsp3) is 1.00. The molecular formula is C18H38O4. The maximum Gasteiger partial charge on any atom is 0.152 e. The quantitative estimate of drug-likeness (QED) is 0.347. The molecule has 0 saturated carbocycles. The van der Waals surface area contributed by atoms with Crippen LogP contribution in [0.15, 0.2) is 0 Å². The molecule has 4 nitrogen and oxygen atoms in total. The van der Waals surface area contributed by atoms with Crippen molar-refractivity contribution in [1.82, 2.24) is 0 Å². The summed E-state index contributed by atoms with van der Waals surface area (Å²) in [5.74, 6) is 0. The number of ether oxygens (including phenoxy) is 2. The second-order valence-electron chi connectivity index (χ2n) is 6.28. The first-order valence-corrected chi connectivity index (χ1v) is 9.16. The van der Waals surface area contributed by atoms with Crippen molar-refractivity contribution in [1.29, 1.82) is 0 Å². The second-order valence-corrected chi connectivity index (χ2v) is 6.28. The summed E-state index contributed by atoms with van der Waals surface area (Å²) in [7, 11) is 0. The Kier molecular flexibility index (Phi) is 14.3. The van der Waals surface area contributed by atoms with Crippen LogP contribution in [0.1, 0.15) is 91.9 Å². The highest BCUT2D eigenvalue weighted by Gasteiger charge is 2.13. The average Bonchev–Trinajstić information content (AvgIpc) is 2.43.